The third-order valence-electron chi connectivity index (χ3n) is 2.85. The standard InChI is InChI=1S/C13H14FN3O2S/c1-8-4-3-5-16-13(8)17-20(18,19)12-7-10(15)6-11(14)9(12)2/h3-7H,15H2,1-2H3,(H,16,17). The van der Waals surface area contributed by atoms with Crippen LogP contribution in [0, 0.1) is 19.7 Å². The number of aromatic nitrogens is 1. The summed E-state index contributed by atoms with van der Waals surface area (Å²) >= 11 is 0. The Bertz CT molecular complexity index is 760. The molecule has 7 heteroatoms. The molecule has 0 aliphatic rings. The first kappa shape index (κ1) is 14.3. The third-order valence-corrected chi connectivity index (χ3v) is 4.31. The van der Waals surface area contributed by atoms with Crippen molar-refractivity contribution < 1.29 is 12.8 Å². The number of rotatable bonds is 3. The number of hydrogen-bond acceptors (Lipinski definition) is 4. The summed E-state index contributed by atoms with van der Waals surface area (Å²) < 4.78 is 40.5. The number of anilines is 2. The SMILES string of the molecule is Cc1cccnc1NS(=O)(=O)c1cc(N)cc(F)c1C. The summed E-state index contributed by atoms with van der Waals surface area (Å²) in [5.41, 5.74) is 6.23. The van der Waals surface area contributed by atoms with Gasteiger partial charge in [-0.3, -0.25) is 4.72 Å². The van der Waals surface area contributed by atoms with Crippen molar-refractivity contribution in [1.29, 1.82) is 0 Å². The quantitative estimate of drug-likeness (QED) is 0.850. The Morgan fingerprint density at radius 2 is 2.00 bits per heavy atom. The van der Waals surface area contributed by atoms with Crippen molar-refractivity contribution in [3.8, 4) is 0 Å². The van der Waals surface area contributed by atoms with Crippen molar-refractivity contribution in [1.82, 2.24) is 4.98 Å². The van der Waals surface area contributed by atoms with E-state index in [9.17, 15) is 12.8 Å². The van der Waals surface area contributed by atoms with Crippen LogP contribution in [0.2, 0.25) is 0 Å². The number of hydrogen-bond donors (Lipinski definition) is 2. The first-order chi connectivity index (χ1) is 9.31. The normalized spacial score (nSPS) is 11.3. The molecule has 0 amide bonds. The molecule has 0 fully saturated rings. The molecule has 1 aromatic heterocycles. The van der Waals surface area contributed by atoms with Gasteiger partial charge in [0.15, 0.2) is 0 Å². The number of pyridine rings is 1. The molecule has 0 aliphatic heterocycles. The van der Waals surface area contributed by atoms with Gasteiger partial charge in [0.2, 0.25) is 0 Å². The van der Waals surface area contributed by atoms with E-state index in [2.05, 4.69) is 9.71 Å². The molecule has 3 N–H and O–H groups in total. The van der Waals surface area contributed by atoms with Gasteiger partial charge in [0.1, 0.15) is 11.6 Å². The van der Waals surface area contributed by atoms with E-state index in [1.807, 2.05) is 0 Å². The predicted octanol–water partition coefficient (Wildman–Crippen LogP) is 2.22. The Labute approximate surface area is 116 Å². The van der Waals surface area contributed by atoms with Gasteiger partial charge in [-0.15, -0.1) is 0 Å². The molecule has 20 heavy (non-hydrogen) atoms. The fourth-order valence-corrected chi connectivity index (χ4v) is 3.10. The molecule has 1 aromatic carbocycles. The average Bonchev–Trinajstić information content (AvgIpc) is 2.36. The van der Waals surface area contributed by atoms with Crippen LogP contribution in [0.25, 0.3) is 0 Å². The van der Waals surface area contributed by atoms with Crippen LogP contribution in [0.3, 0.4) is 0 Å². The molecule has 2 rings (SSSR count). The number of nitrogens with zero attached hydrogens (tertiary/aromatic N) is 1. The number of nitrogens with two attached hydrogens (primary N) is 1. The van der Waals surface area contributed by atoms with Gasteiger partial charge < -0.3 is 5.73 Å². The van der Waals surface area contributed by atoms with Crippen LogP contribution in [0.1, 0.15) is 11.1 Å². The highest BCUT2D eigenvalue weighted by molar-refractivity contribution is 7.92. The van der Waals surface area contributed by atoms with E-state index in [4.69, 9.17) is 5.73 Å². The van der Waals surface area contributed by atoms with E-state index in [1.54, 1.807) is 19.1 Å². The fourth-order valence-electron chi connectivity index (χ4n) is 1.73. The van der Waals surface area contributed by atoms with Crippen LogP contribution in [0.15, 0.2) is 35.4 Å². The zero-order valence-electron chi connectivity index (χ0n) is 11.0. The zero-order valence-corrected chi connectivity index (χ0v) is 11.8. The first-order valence-corrected chi connectivity index (χ1v) is 7.29. The Kier molecular flexibility index (Phi) is 3.63. The summed E-state index contributed by atoms with van der Waals surface area (Å²) in [6.07, 6.45) is 1.47. The zero-order chi connectivity index (χ0) is 14.9. The molecule has 0 saturated heterocycles. The van der Waals surface area contributed by atoms with Crippen molar-refractivity contribution in [3.05, 3.63) is 47.4 Å². The van der Waals surface area contributed by atoms with Gasteiger partial charge in [0, 0.05) is 17.4 Å². The molecule has 106 valence electrons. The van der Waals surface area contributed by atoms with Gasteiger partial charge in [-0.1, -0.05) is 6.07 Å². The highest BCUT2D eigenvalue weighted by Crippen LogP contribution is 2.24. The molecule has 0 atom stereocenters. The molecule has 0 spiro atoms. The summed E-state index contributed by atoms with van der Waals surface area (Å²) in [6.45, 7) is 3.10. The summed E-state index contributed by atoms with van der Waals surface area (Å²) in [6, 6.07) is 5.72. The van der Waals surface area contributed by atoms with Gasteiger partial charge in [0.25, 0.3) is 10.0 Å². The van der Waals surface area contributed by atoms with Crippen LogP contribution in [-0.2, 0) is 10.0 Å². The fraction of sp³-hybridized carbons (Fsp3) is 0.154. The number of nitrogens with one attached hydrogen (secondary N) is 1. The van der Waals surface area contributed by atoms with E-state index in [0.717, 1.165) is 6.07 Å². The molecule has 0 radical (unpaired) electrons. The van der Waals surface area contributed by atoms with E-state index in [1.165, 1.54) is 19.2 Å². The van der Waals surface area contributed by atoms with Gasteiger partial charge in [-0.05, 0) is 37.6 Å². The average molecular weight is 295 g/mol. The van der Waals surface area contributed by atoms with Crippen molar-refractivity contribution in [2.45, 2.75) is 18.7 Å². The third kappa shape index (κ3) is 2.72. The molecule has 2 aromatic rings. The predicted molar refractivity (Wildman–Crippen MR) is 75.3 cm³/mol. The summed E-state index contributed by atoms with van der Waals surface area (Å²) in [7, 11) is -3.94. The van der Waals surface area contributed by atoms with E-state index >= 15 is 0 Å². The number of sulfonamides is 1. The Balaban J connectivity index is 2.49. The van der Waals surface area contributed by atoms with Crippen LogP contribution in [0.4, 0.5) is 15.9 Å². The van der Waals surface area contributed by atoms with Crippen molar-refractivity contribution >= 4 is 21.5 Å². The Morgan fingerprint density at radius 1 is 1.30 bits per heavy atom. The monoisotopic (exact) mass is 295 g/mol. The molecule has 0 saturated carbocycles. The lowest BCUT2D eigenvalue weighted by molar-refractivity contribution is 0.591. The van der Waals surface area contributed by atoms with E-state index < -0.39 is 15.8 Å². The summed E-state index contributed by atoms with van der Waals surface area (Å²) in [5.74, 6) is -0.460. The van der Waals surface area contributed by atoms with Crippen LogP contribution in [0.5, 0.6) is 0 Å². The number of aryl methyl sites for hydroxylation is 1. The summed E-state index contributed by atoms with van der Waals surface area (Å²) in [5, 5.41) is 0. The van der Waals surface area contributed by atoms with Crippen LogP contribution in [-0.4, -0.2) is 13.4 Å². The van der Waals surface area contributed by atoms with Gasteiger partial charge in [0.05, 0.1) is 4.90 Å². The van der Waals surface area contributed by atoms with Crippen molar-refractivity contribution in [2.75, 3.05) is 10.5 Å². The van der Waals surface area contributed by atoms with E-state index in [0.29, 0.717) is 5.56 Å². The number of halogens is 1. The Morgan fingerprint density at radius 3 is 2.65 bits per heavy atom. The van der Waals surface area contributed by atoms with Crippen LogP contribution < -0.4 is 10.5 Å². The lowest BCUT2D eigenvalue weighted by Crippen LogP contribution is -2.17. The van der Waals surface area contributed by atoms with Gasteiger partial charge in [-0.2, -0.15) is 0 Å². The molecule has 5 nitrogen and oxygen atoms in total. The Hall–Kier alpha value is -2.15. The van der Waals surface area contributed by atoms with Crippen molar-refractivity contribution in [3.63, 3.8) is 0 Å². The van der Waals surface area contributed by atoms with Gasteiger partial charge in [-0.25, -0.2) is 17.8 Å². The highest BCUT2D eigenvalue weighted by Gasteiger charge is 2.21. The van der Waals surface area contributed by atoms with Gasteiger partial charge >= 0.3 is 0 Å². The summed E-state index contributed by atoms with van der Waals surface area (Å²) in [4.78, 5) is 3.75. The first-order valence-electron chi connectivity index (χ1n) is 5.81. The molecule has 0 bridgehead atoms. The highest BCUT2D eigenvalue weighted by atomic mass is 32.2. The number of nitrogen functional groups attached to an aromatic ring is 1. The maximum absolute atomic E-state index is 13.6. The minimum atomic E-state index is -3.94. The second-order valence-electron chi connectivity index (χ2n) is 4.40. The lowest BCUT2D eigenvalue weighted by atomic mass is 10.2. The minimum Gasteiger partial charge on any atom is -0.399 e. The lowest BCUT2D eigenvalue weighted by Gasteiger charge is -2.12. The number of benzene rings is 1. The molecule has 0 unspecified atom stereocenters. The van der Waals surface area contributed by atoms with E-state index in [-0.39, 0.29) is 22.0 Å². The molecule has 0 aliphatic carbocycles. The maximum Gasteiger partial charge on any atom is 0.263 e. The second kappa shape index (κ2) is 5.09. The topological polar surface area (TPSA) is 85.1 Å². The molecule has 1 heterocycles. The van der Waals surface area contributed by atoms with Crippen molar-refractivity contribution in [2.24, 2.45) is 0 Å². The molecular weight excluding hydrogens is 281 g/mol. The largest absolute Gasteiger partial charge is 0.399 e. The smallest absolute Gasteiger partial charge is 0.263 e. The second-order valence-corrected chi connectivity index (χ2v) is 6.05. The maximum atomic E-state index is 13.6. The van der Waals surface area contributed by atoms with Crippen LogP contribution >= 0.6 is 0 Å². The molecular formula is C13H14FN3O2S. The minimum absolute atomic E-state index is 0.0142.